The van der Waals surface area contributed by atoms with Gasteiger partial charge < -0.3 is 9.84 Å². The number of carbonyl (C=O) groups is 1. The summed E-state index contributed by atoms with van der Waals surface area (Å²) in [6, 6.07) is 5.19. The largest absolute Gasteiger partial charge is 0.495 e. The van der Waals surface area contributed by atoms with Crippen LogP contribution >= 0.6 is 0 Å². The van der Waals surface area contributed by atoms with Crippen molar-refractivity contribution in [2.24, 2.45) is 0 Å². The smallest absolute Gasteiger partial charge is 0.345 e. The number of carboxylic acids is 1. The number of aromatic carboxylic acids is 1. The lowest BCUT2D eigenvalue weighted by molar-refractivity contribution is 0.0690. The van der Waals surface area contributed by atoms with Crippen molar-refractivity contribution >= 4 is 5.97 Å². The van der Waals surface area contributed by atoms with Gasteiger partial charge in [-0.25, -0.2) is 9.18 Å². The third-order valence-corrected chi connectivity index (χ3v) is 2.86. The van der Waals surface area contributed by atoms with Gasteiger partial charge in [-0.3, -0.25) is 9.36 Å². The van der Waals surface area contributed by atoms with Crippen molar-refractivity contribution in [3.63, 3.8) is 0 Å². The van der Waals surface area contributed by atoms with Gasteiger partial charge in [-0.2, -0.15) is 0 Å². The van der Waals surface area contributed by atoms with E-state index in [1.165, 1.54) is 37.6 Å². The van der Waals surface area contributed by atoms with Crippen LogP contribution < -0.4 is 10.3 Å². The number of nitrogens with zero attached hydrogens (tertiary/aromatic N) is 1. The van der Waals surface area contributed by atoms with Gasteiger partial charge in [0.1, 0.15) is 11.6 Å². The summed E-state index contributed by atoms with van der Waals surface area (Å²) in [5, 5.41) is 9.16. The molecule has 0 aliphatic rings. The fourth-order valence-corrected chi connectivity index (χ4v) is 1.97. The highest BCUT2D eigenvalue weighted by atomic mass is 19.1. The molecule has 1 aromatic heterocycles. The molecule has 0 aliphatic carbocycles. The Hall–Kier alpha value is -2.63. The van der Waals surface area contributed by atoms with Gasteiger partial charge in [0.05, 0.1) is 7.11 Å². The van der Waals surface area contributed by atoms with E-state index < -0.39 is 22.9 Å². The first-order valence-electron chi connectivity index (χ1n) is 5.75. The van der Waals surface area contributed by atoms with Crippen LogP contribution in [0.1, 0.15) is 15.9 Å². The number of hydrogen-bond donors (Lipinski definition) is 1. The minimum Gasteiger partial charge on any atom is -0.495 e. The molecule has 2 aromatic rings. The SMILES string of the molecule is COc1c(C)cn(-c2ccc(F)cc2)c(=O)c1C(=O)O. The second-order valence-corrected chi connectivity index (χ2v) is 4.18. The number of halogens is 1. The zero-order valence-corrected chi connectivity index (χ0v) is 10.9. The van der Waals surface area contributed by atoms with E-state index in [1.54, 1.807) is 6.92 Å². The third-order valence-electron chi connectivity index (χ3n) is 2.86. The molecule has 104 valence electrons. The van der Waals surface area contributed by atoms with Crippen molar-refractivity contribution in [1.29, 1.82) is 0 Å². The van der Waals surface area contributed by atoms with Crippen LogP contribution in [0, 0.1) is 12.7 Å². The summed E-state index contributed by atoms with van der Waals surface area (Å²) in [5.74, 6) is -1.78. The summed E-state index contributed by atoms with van der Waals surface area (Å²) in [6.07, 6.45) is 1.46. The summed E-state index contributed by atoms with van der Waals surface area (Å²) in [6.45, 7) is 1.63. The highest BCUT2D eigenvalue weighted by Crippen LogP contribution is 2.21. The molecule has 0 saturated heterocycles. The molecule has 20 heavy (non-hydrogen) atoms. The fraction of sp³-hybridized carbons (Fsp3) is 0.143. The monoisotopic (exact) mass is 277 g/mol. The Kier molecular flexibility index (Phi) is 3.56. The molecule has 0 fully saturated rings. The van der Waals surface area contributed by atoms with Crippen molar-refractivity contribution < 1.29 is 19.0 Å². The second kappa shape index (κ2) is 5.16. The zero-order chi connectivity index (χ0) is 14.9. The molecule has 5 nitrogen and oxygen atoms in total. The van der Waals surface area contributed by atoms with Gasteiger partial charge >= 0.3 is 5.97 Å². The van der Waals surface area contributed by atoms with Crippen LogP contribution in [0.15, 0.2) is 35.3 Å². The van der Waals surface area contributed by atoms with E-state index in [2.05, 4.69) is 0 Å². The summed E-state index contributed by atoms with van der Waals surface area (Å²) in [7, 11) is 1.30. The molecule has 0 radical (unpaired) electrons. The average Bonchev–Trinajstić information content (AvgIpc) is 2.41. The number of benzene rings is 1. The molecule has 1 aromatic carbocycles. The first kappa shape index (κ1) is 13.8. The van der Waals surface area contributed by atoms with Gasteiger partial charge in [-0.05, 0) is 31.2 Å². The van der Waals surface area contributed by atoms with Gasteiger partial charge in [0.25, 0.3) is 5.56 Å². The van der Waals surface area contributed by atoms with Gasteiger partial charge in [-0.15, -0.1) is 0 Å². The highest BCUT2D eigenvalue weighted by molar-refractivity contribution is 5.91. The lowest BCUT2D eigenvalue weighted by Gasteiger charge is -2.13. The van der Waals surface area contributed by atoms with Crippen molar-refractivity contribution in [2.75, 3.05) is 7.11 Å². The molecule has 0 spiro atoms. The number of rotatable bonds is 3. The molecule has 1 N–H and O–H groups in total. The van der Waals surface area contributed by atoms with E-state index in [0.717, 1.165) is 4.57 Å². The normalized spacial score (nSPS) is 10.3. The molecule has 6 heteroatoms. The maximum atomic E-state index is 12.9. The fourth-order valence-electron chi connectivity index (χ4n) is 1.97. The Morgan fingerprint density at radius 3 is 2.40 bits per heavy atom. The van der Waals surface area contributed by atoms with Crippen LogP contribution in [0.4, 0.5) is 4.39 Å². The van der Waals surface area contributed by atoms with E-state index in [9.17, 15) is 14.0 Å². The molecular formula is C14H12FNO4. The number of aryl methyl sites for hydroxylation is 1. The number of carboxylic acid groups (broad SMARTS) is 1. The van der Waals surface area contributed by atoms with Crippen LogP contribution in [0.3, 0.4) is 0 Å². The van der Waals surface area contributed by atoms with Crippen LogP contribution in [0.2, 0.25) is 0 Å². The quantitative estimate of drug-likeness (QED) is 0.931. The third kappa shape index (κ3) is 2.27. The summed E-state index contributed by atoms with van der Waals surface area (Å²) in [5.41, 5.74) is -0.304. The van der Waals surface area contributed by atoms with Crippen molar-refractivity contribution in [3.05, 3.63) is 57.8 Å². The summed E-state index contributed by atoms with van der Waals surface area (Å²) in [4.78, 5) is 23.5. The van der Waals surface area contributed by atoms with Gasteiger partial charge in [-0.1, -0.05) is 0 Å². The maximum absolute atomic E-state index is 12.9. The standard InChI is InChI=1S/C14H12FNO4/c1-8-7-16(10-5-3-9(15)4-6-10)13(17)11(14(18)19)12(8)20-2/h3-7H,1-2H3,(H,18,19). The lowest BCUT2D eigenvalue weighted by Crippen LogP contribution is -2.26. The molecule has 0 bridgehead atoms. The Morgan fingerprint density at radius 1 is 1.30 bits per heavy atom. The van der Waals surface area contributed by atoms with Crippen molar-refractivity contribution in [3.8, 4) is 11.4 Å². The predicted octanol–water partition coefficient (Wildman–Crippen LogP) is 1.99. The van der Waals surface area contributed by atoms with E-state index in [1.807, 2.05) is 0 Å². The van der Waals surface area contributed by atoms with Crippen LogP contribution in [0.5, 0.6) is 5.75 Å². The Morgan fingerprint density at radius 2 is 1.90 bits per heavy atom. The maximum Gasteiger partial charge on any atom is 0.345 e. The molecule has 2 rings (SSSR count). The molecule has 0 amide bonds. The first-order valence-corrected chi connectivity index (χ1v) is 5.75. The molecule has 0 saturated carbocycles. The molecule has 0 atom stereocenters. The van der Waals surface area contributed by atoms with E-state index in [0.29, 0.717) is 11.3 Å². The molecular weight excluding hydrogens is 265 g/mol. The topological polar surface area (TPSA) is 68.5 Å². The number of aromatic nitrogens is 1. The minimum absolute atomic E-state index is 0.0286. The molecule has 1 heterocycles. The van der Waals surface area contributed by atoms with E-state index in [-0.39, 0.29) is 5.75 Å². The Labute approximate surface area is 113 Å². The lowest BCUT2D eigenvalue weighted by atomic mass is 10.1. The number of methoxy groups -OCH3 is 1. The predicted molar refractivity (Wildman–Crippen MR) is 70.2 cm³/mol. The molecule has 0 unspecified atom stereocenters. The second-order valence-electron chi connectivity index (χ2n) is 4.18. The van der Waals surface area contributed by atoms with Crippen molar-refractivity contribution in [1.82, 2.24) is 4.57 Å². The van der Waals surface area contributed by atoms with Crippen LogP contribution in [0.25, 0.3) is 5.69 Å². The number of pyridine rings is 1. The van der Waals surface area contributed by atoms with Crippen LogP contribution in [-0.4, -0.2) is 22.8 Å². The van der Waals surface area contributed by atoms with Gasteiger partial charge in [0.2, 0.25) is 0 Å². The first-order chi connectivity index (χ1) is 9.45. The zero-order valence-electron chi connectivity index (χ0n) is 10.9. The Balaban J connectivity index is 2.76. The van der Waals surface area contributed by atoms with Crippen molar-refractivity contribution in [2.45, 2.75) is 6.92 Å². The summed E-state index contributed by atoms with van der Waals surface area (Å²) < 4.78 is 19.0. The number of ether oxygens (including phenoxy) is 1. The van der Waals surface area contributed by atoms with E-state index >= 15 is 0 Å². The van der Waals surface area contributed by atoms with E-state index in [4.69, 9.17) is 9.84 Å². The molecule has 0 aliphatic heterocycles. The van der Waals surface area contributed by atoms with Crippen LogP contribution in [-0.2, 0) is 0 Å². The average molecular weight is 277 g/mol. The Bertz CT molecular complexity index is 719. The van der Waals surface area contributed by atoms with Gasteiger partial charge in [0, 0.05) is 17.4 Å². The minimum atomic E-state index is -1.37. The number of hydrogen-bond acceptors (Lipinski definition) is 3. The van der Waals surface area contributed by atoms with Gasteiger partial charge in [0.15, 0.2) is 5.56 Å². The summed E-state index contributed by atoms with van der Waals surface area (Å²) >= 11 is 0. The highest BCUT2D eigenvalue weighted by Gasteiger charge is 2.21.